The number of carbonyl (C=O) groups excluding carboxylic acids is 1. The van der Waals surface area contributed by atoms with E-state index in [1.165, 1.54) is 18.2 Å². The molecule has 0 saturated carbocycles. The molecule has 2 N–H and O–H groups in total. The van der Waals surface area contributed by atoms with E-state index < -0.39 is 10.8 Å². The lowest BCUT2D eigenvalue weighted by Crippen LogP contribution is -2.25. The van der Waals surface area contributed by atoms with Gasteiger partial charge in [-0.15, -0.1) is 0 Å². The van der Waals surface area contributed by atoms with E-state index in [2.05, 4.69) is 5.32 Å². The normalized spacial score (nSPS) is 10.1. The monoisotopic (exact) mass is 252 g/mol. The Kier molecular flexibility index (Phi) is 5.79. The Labute approximate surface area is 105 Å². The second-order valence-corrected chi connectivity index (χ2v) is 3.81. The van der Waals surface area contributed by atoms with E-state index >= 15 is 0 Å². The molecule has 6 heteroatoms. The molecule has 1 aromatic rings. The van der Waals surface area contributed by atoms with E-state index in [0.717, 1.165) is 12.8 Å². The van der Waals surface area contributed by atoms with Crippen LogP contribution in [0, 0.1) is 10.1 Å². The first-order valence-electron chi connectivity index (χ1n) is 5.79. The number of benzene rings is 1. The second-order valence-electron chi connectivity index (χ2n) is 3.81. The number of aliphatic hydroxyl groups is 1. The lowest BCUT2D eigenvalue weighted by atomic mass is 10.1. The Morgan fingerprint density at radius 1 is 1.28 bits per heavy atom. The molecule has 0 aliphatic rings. The van der Waals surface area contributed by atoms with Crippen LogP contribution in [0.2, 0.25) is 0 Å². The molecular weight excluding hydrogens is 236 g/mol. The van der Waals surface area contributed by atoms with E-state index in [1.807, 2.05) is 0 Å². The van der Waals surface area contributed by atoms with E-state index in [-0.39, 0.29) is 17.9 Å². The average molecular weight is 252 g/mol. The van der Waals surface area contributed by atoms with Crippen LogP contribution in [0.5, 0.6) is 0 Å². The topological polar surface area (TPSA) is 92.5 Å². The summed E-state index contributed by atoms with van der Waals surface area (Å²) in [5.74, 6) is -0.439. The molecule has 1 aromatic carbocycles. The summed E-state index contributed by atoms with van der Waals surface area (Å²) in [6, 6.07) is 5.85. The fraction of sp³-hybridized carbons (Fsp3) is 0.417. The molecule has 0 aliphatic carbocycles. The molecule has 0 aliphatic heterocycles. The molecule has 6 nitrogen and oxygen atoms in total. The fourth-order valence-corrected chi connectivity index (χ4v) is 1.54. The minimum Gasteiger partial charge on any atom is -0.396 e. The third-order valence-corrected chi connectivity index (χ3v) is 2.47. The summed E-state index contributed by atoms with van der Waals surface area (Å²) in [5, 5.41) is 22.0. The Bertz CT molecular complexity index is 420. The van der Waals surface area contributed by atoms with Gasteiger partial charge in [-0.25, -0.2) is 0 Å². The SMILES string of the molecule is O=C(NCCCCCO)c1ccccc1[N+](=O)[O-]. The molecule has 0 atom stereocenters. The number of nitrogens with zero attached hydrogens (tertiary/aromatic N) is 1. The Hall–Kier alpha value is -1.95. The Morgan fingerprint density at radius 3 is 2.67 bits per heavy atom. The van der Waals surface area contributed by atoms with Gasteiger partial charge in [-0.3, -0.25) is 14.9 Å². The summed E-state index contributed by atoms with van der Waals surface area (Å²) in [5.41, 5.74) is -0.116. The van der Waals surface area contributed by atoms with Gasteiger partial charge >= 0.3 is 0 Å². The quantitative estimate of drug-likeness (QED) is 0.437. The number of rotatable bonds is 7. The van der Waals surface area contributed by atoms with Crippen LogP contribution >= 0.6 is 0 Å². The summed E-state index contributed by atoms with van der Waals surface area (Å²) in [6.45, 7) is 0.586. The van der Waals surface area contributed by atoms with Gasteiger partial charge in [-0.05, 0) is 25.3 Å². The molecule has 0 heterocycles. The molecule has 0 saturated heterocycles. The van der Waals surface area contributed by atoms with Crippen LogP contribution in [0.25, 0.3) is 0 Å². The fourth-order valence-electron chi connectivity index (χ4n) is 1.54. The van der Waals surface area contributed by atoms with Gasteiger partial charge in [0.05, 0.1) is 4.92 Å². The number of hydrogen-bond donors (Lipinski definition) is 2. The first-order valence-corrected chi connectivity index (χ1v) is 5.79. The number of nitro groups is 1. The van der Waals surface area contributed by atoms with Crippen LogP contribution in [0.3, 0.4) is 0 Å². The number of hydrogen-bond acceptors (Lipinski definition) is 4. The highest BCUT2D eigenvalue weighted by Crippen LogP contribution is 2.17. The minimum absolute atomic E-state index is 0.0738. The van der Waals surface area contributed by atoms with E-state index in [0.29, 0.717) is 13.0 Å². The average Bonchev–Trinajstić information content (AvgIpc) is 2.38. The molecule has 1 amide bonds. The van der Waals surface area contributed by atoms with Crippen LogP contribution < -0.4 is 5.32 Å². The predicted octanol–water partition coefficient (Wildman–Crippen LogP) is 1.49. The zero-order valence-electron chi connectivity index (χ0n) is 9.96. The highest BCUT2D eigenvalue weighted by Gasteiger charge is 2.18. The molecule has 0 unspecified atom stereocenters. The van der Waals surface area contributed by atoms with Crippen LogP contribution in [-0.2, 0) is 0 Å². The molecule has 18 heavy (non-hydrogen) atoms. The summed E-state index contributed by atoms with van der Waals surface area (Å²) >= 11 is 0. The number of aliphatic hydroxyl groups excluding tert-OH is 1. The van der Waals surface area contributed by atoms with Crippen molar-refractivity contribution in [1.82, 2.24) is 5.32 Å². The van der Waals surface area contributed by atoms with Gasteiger partial charge < -0.3 is 10.4 Å². The Balaban J connectivity index is 2.54. The lowest BCUT2D eigenvalue weighted by molar-refractivity contribution is -0.385. The van der Waals surface area contributed by atoms with Crippen molar-refractivity contribution >= 4 is 11.6 Å². The summed E-state index contributed by atoms with van der Waals surface area (Å²) in [6.07, 6.45) is 2.25. The molecule has 0 spiro atoms. The largest absolute Gasteiger partial charge is 0.396 e. The molecule has 0 radical (unpaired) electrons. The van der Waals surface area contributed by atoms with Crippen molar-refractivity contribution < 1.29 is 14.8 Å². The van der Waals surface area contributed by atoms with Crippen molar-refractivity contribution in [2.45, 2.75) is 19.3 Å². The van der Waals surface area contributed by atoms with Gasteiger partial charge in [0, 0.05) is 19.2 Å². The van der Waals surface area contributed by atoms with Crippen LogP contribution in [0.15, 0.2) is 24.3 Å². The summed E-state index contributed by atoms with van der Waals surface area (Å²) in [4.78, 5) is 21.9. The highest BCUT2D eigenvalue weighted by molar-refractivity contribution is 5.98. The highest BCUT2D eigenvalue weighted by atomic mass is 16.6. The molecule has 98 valence electrons. The van der Waals surface area contributed by atoms with Gasteiger partial charge in [0.25, 0.3) is 11.6 Å². The Morgan fingerprint density at radius 2 is 2.00 bits per heavy atom. The number of amides is 1. The zero-order valence-corrected chi connectivity index (χ0v) is 9.96. The van der Waals surface area contributed by atoms with Crippen LogP contribution in [0.1, 0.15) is 29.6 Å². The van der Waals surface area contributed by atoms with Crippen molar-refractivity contribution in [3.8, 4) is 0 Å². The number of nitro benzene ring substituents is 1. The number of para-hydroxylation sites is 1. The van der Waals surface area contributed by atoms with Gasteiger partial charge in [0.15, 0.2) is 0 Å². The standard InChI is InChI=1S/C12H16N2O4/c15-9-5-1-4-8-13-12(16)10-6-2-3-7-11(10)14(17)18/h2-3,6-7,15H,1,4-5,8-9H2,(H,13,16). The van der Waals surface area contributed by atoms with Crippen molar-refractivity contribution in [2.75, 3.05) is 13.2 Å². The third-order valence-electron chi connectivity index (χ3n) is 2.47. The second kappa shape index (κ2) is 7.39. The zero-order chi connectivity index (χ0) is 13.4. The summed E-state index contributed by atoms with van der Waals surface area (Å²) < 4.78 is 0. The first-order chi connectivity index (χ1) is 8.66. The predicted molar refractivity (Wildman–Crippen MR) is 66.4 cm³/mol. The maximum Gasteiger partial charge on any atom is 0.282 e. The lowest BCUT2D eigenvalue weighted by Gasteiger charge is -2.05. The van der Waals surface area contributed by atoms with Gasteiger partial charge in [-0.1, -0.05) is 12.1 Å². The van der Waals surface area contributed by atoms with Crippen molar-refractivity contribution in [2.24, 2.45) is 0 Å². The molecule has 0 aromatic heterocycles. The van der Waals surface area contributed by atoms with Crippen LogP contribution in [-0.4, -0.2) is 29.1 Å². The summed E-state index contributed by atoms with van der Waals surface area (Å²) in [7, 11) is 0. The van der Waals surface area contributed by atoms with Crippen LogP contribution in [0.4, 0.5) is 5.69 Å². The van der Waals surface area contributed by atoms with Crippen molar-refractivity contribution in [3.05, 3.63) is 39.9 Å². The van der Waals surface area contributed by atoms with E-state index in [4.69, 9.17) is 5.11 Å². The molecule has 0 bridgehead atoms. The third kappa shape index (κ3) is 4.14. The maximum atomic E-state index is 11.7. The smallest absolute Gasteiger partial charge is 0.282 e. The molecular formula is C12H16N2O4. The van der Waals surface area contributed by atoms with Crippen molar-refractivity contribution in [1.29, 1.82) is 0 Å². The van der Waals surface area contributed by atoms with Crippen molar-refractivity contribution in [3.63, 3.8) is 0 Å². The van der Waals surface area contributed by atoms with Gasteiger partial charge in [0.1, 0.15) is 5.56 Å². The molecule has 1 rings (SSSR count). The van der Waals surface area contributed by atoms with E-state index in [9.17, 15) is 14.9 Å². The molecule has 0 fully saturated rings. The number of nitrogens with one attached hydrogen (secondary N) is 1. The van der Waals surface area contributed by atoms with Gasteiger partial charge in [-0.2, -0.15) is 0 Å². The minimum atomic E-state index is -0.569. The maximum absolute atomic E-state index is 11.7. The van der Waals surface area contributed by atoms with E-state index in [1.54, 1.807) is 6.07 Å². The van der Waals surface area contributed by atoms with Gasteiger partial charge in [0.2, 0.25) is 0 Å². The number of carbonyl (C=O) groups is 1. The number of unbranched alkanes of at least 4 members (excludes halogenated alkanes) is 2. The first kappa shape index (κ1) is 14.1.